The highest BCUT2D eigenvalue weighted by atomic mass is 16.5. The number of piperazine rings is 1. The minimum absolute atomic E-state index is 0.433. The summed E-state index contributed by atoms with van der Waals surface area (Å²) < 4.78 is 5.75. The largest absolute Gasteiger partial charge is 0.381 e. The van der Waals surface area contributed by atoms with Crippen molar-refractivity contribution in [3.05, 3.63) is 0 Å². The minimum atomic E-state index is 0.433. The summed E-state index contributed by atoms with van der Waals surface area (Å²) in [5, 5.41) is 3.91. The standard InChI is InChI=1S/C18H36N2O/c1-4-17-13-19-18(9-6-5-7-10-18)15-20(17)11-8-12-21-14-16(2)3/h16-17,19H,4-15H2,1-3H3. The van der Waals surface area contributed by atoms with Gasteiger partial charge in [-0.25, -0.2) is 0 Å². The van der Waals surface area contributed by atoms with Gasteiger partial charge >= 0.3 is 0 Å². The van der Waals surface area contributed by atoms with Crippen LogP contribution in [0.25, 0.3) is 0 Å². The molecule has 1 aliphatic carbocycles. The molecule has 2 aliphatic rings. The molecule has 0 aromatic carbocycles. The van der Waals surface area contributed by atoms with Gasteiger partial charge < -0.3 is 10.1 Å². The Morgan fingerprint density at radius 1 is 1.24 bits per heavy atom. The van der Waals surface area contributed by atoms with Crippen molar-refractivity contribution in [1.29, 1.82) is 0 Å². The molecule has 1 spiro atoms. The molecule has 1 atom stereocenters. The highest BCUT2D eigenvalue weighted by molar-refractivity contribution is 4.99. The van der Waals surface area contributed by atoms with Crippen LogP contribution in [-0.2, 0) is 4.74 Å². The van der Waals surface area contributed by atoms with Gasteiger partial charge in [0.05, 0.1) is 0 Å². The molecule has 2 fully saturated rings. The number of ether oxygens (including phenoxy) is 1. The van der Waals surface area contributed by atoms with E-state index in [1.165, 1.54) is 64.6 Å². The Morgan fingerprint density at radius 3 is 2.67 bits per heavy atom. The van der Waals surface area contributed by atoms with Gasteiger partial charge in [-0.05, 0) is 31.6 Å². The Hall–Kier alpha value is -0.120. The van der Waals surface area contributed by atoms with Gasteiger partial charge in [0.1, 0.15) is 0 Å². The van der Waals surface area contributed by atoms with Crippen LogP contribution in [0.4, 0.5) is 0 Å². The summed E-state index contributed by atoms with van der Waals surface area (Å²) in [5.74, 6) is 0.651. The second kappa shape index (κ2) is 8.50. The summed E-state index contributed by atoms with van der Waals surface area (Å²) in [6.07, 6.45) is 9.46. The van der Waals surface area contributed by atoms with E-state index < -0.39 is 0 Å². The summed E-state index contributed by atoms with van der Waals surface area (Å²) >= 11 is 0. The Labute approximate surface area is 131 Å². The predicted octanol–water partition coefficient (Wildman–Crippen LogP) is 3.44. The predicted molar refractivity (Wildman–Crippen MR) is 89.7 cm³/mol. The Bertz CT molecular complexity index is 287. The van der Waals surface area contributed by atoms with E-state index in [0.29, 0.717) is 11.5 Å². The van der Waals surface area contributed by atoms with Gasteiger partial charge in [-0.2, -0.15) is 0 Å². The third-order valence-corrected chi connectivity index (χ3v) is 5.20. The van der Waals surface area contributed by atoms with E-state index in [9.17, 15) is 0 Å². The monoisotopic (exact) mass is 296 g/mol. The summed E-state index contributed by atoms with van der Waals surface area (Å²) in [6.45, 7) is 12.2. The molecule has 1 unspecified atom stereocenters. The summed E-state index contributed by atoms with van der Waals surface area (Å²) in [7, 11) is 0. The molecule has 1 N–H and O–H groups in total. The fourth-order valence-corrected chi connectivity index (χ4v) is 3.95. The normalized spacial score (nSPS) is 26.6. The molecular formula is C18H36N2O. The molecule has 124 valence electrons. The van der Waals surface area contributed by atoms with Crippen molar-refractivity contribution in [3.8, 4) is 0 Å². The molecule has 0 bridgehead atoms. The van der Waals surface area contributed by atoms with Gasteiger partial charge in [0.15, 0.2) is 0 Å². The van der Waals surface area contributed by atoms with Gasteiger partial charge in [-0.1, -0.05) is 40.0 Å². The summed E-state index contributed by atoms with van der Waals surface area (Å²) in [6, 6.07) is 0.725. The lowest BCUT2D eigenvalue weighted by Crippen LogP contribution is -2.64. The lowest BCUT2D eigenvalue weighted by atomic mass is 9.79. The summed E-state index contributed by atoms with van der Waals surface area (Å²) in [4.78, 5) is 2.75. The zero-order chi connectivity index (χ0) is 15.1. The summed E-state index contributed by atoms with van der Waals surface area (Å²) in [5.41, 5.74) is 0.433. The minimum Gasteiger partial charge on any atom is -0.381 e. The van der Waals surface area contributed by atoms with Crippen molar-refractivity contribution < 1.29 is 4.74 Å². The fourth-order valence-electron chi connectivity index (χ4n) is 3.95. The molecule has 2 rings (SSSR count). The average molecular weight is 296 g/mol. The molecule has 1 saturated heterocycles. The van der Waals surface area contributed by atoms with Crippen molar-refractivity contribution in [3.63, 3.8) is 0 Å². The molecule has 3 nitrogen and oxygen atoms in total. The van der Waals surface area contributed by atoms with Gasteiger partial charge in [-0.3, -0.25) is 4.90 Å². The Kier molecular flexibility index (Phi) is 6.97. The molecule has 1 heterocycles. The van der Waals surface area contributed by atoms with Crippen molar-refractivity contribution in [1.82, 2.24) is 10.2 Å². The molecule has 0 aromatic heterocycles. The highest BCUT2D eigenvalue weighted by Gasteiger charge is 2.38. The second-order valence-corrected chi connectivity index (χ2v) is 7.58. The third kappa shape index (κ3) is 5.22. The van der Waals surface area contributed by atoms with E-state index >= 15 is 0 Å². The number of rotatable bonds is 7. The van der Waals surface area contributed by atoms with Gasteiger partial charge in [0.2, 0.25) is 0 Å². The SMILES string of the molecule is CCC1CNC2(CCCCC2)CN1CCCOCC(C)C. The van der Waals surface area contributed by atoms with Crippen LogP contribution >= 0.6 is 0 Å². The lowest BCUT2D eigenvalue weighted by molar-refractivity contribution is 0.0410. The molecule has 0 amide bonds. The van der Waals surface area contributed by atoms with E-state index in [2.05, 4.69) is 31.0 Å². The van der Waals surface area contributed by atoms with Crippen LogP contribution in [0.2, 0.25) is 0 Å². The maximum Gasteiger partial charge on any atom is 0.0489 e. The quantitative estimate of drug-likeness (QED) is 0.728. The first kappa shape index (κ1) is 17.2. The van der Waals surface area contributed by atoms with Gasteiger partial charge in [-0.15, -0.1) is 0 Å². The first-order chi connectivity index (χ1) is 10.2. The molecule has 3 heteroatoms. The molecular weight excluding hydrogens is 260 g/mol. The van der Waals surface area contributed by atoms with Crippen LogP contribution in [0.5, 0.6) is 0 Å². The van der Waals surface area contributed by atoms with Crippen LogP contribution in [-0.4, -0.2) is 49.3 Å². The lowest BCUT2D eigenvalue weighted by Gasteiger charge is -2.49. The van der Waals surface area contributed by atoms with E-state index in [1.807, 2.05) is 0 Å². The van der Waals surface area contributed by atoms with Crippen LogP contribution < -0.4 is 5.32 Å². The van der Waals surface area contributed by atoms with E-state index in [4.69, 9.17) is 4.74 Å². The zero-order valence-electron chi connectivity index (χ0n) is 14.5. The highest BCUT2D eigenvalue weighted by Crippen LogP contribution is 2.32. The van der Waals surface area contributed by atoms with Crippen molar-refractivity contribution in [2.75, 3.05) is 32.8 Å². The van der Waals surface area contributed by atoms with Gasteiger partial charge in [0.25, 0.3) is 0 Å². The topological polar surface area (TPSA) is 24.5 Å². The number of nitrogens with one attached hydrogen (secondary N) is 1. The smallest absolute Gasteiger partial charge is 0.0489 e. The van der Waals surface area contributed by atoms with E-state index in [1.54, 1.807) is 0 Å². The number of hydrogen-bond acceptors (Lipinski definition) is 3. The zero-order valence-corrected chi connectivity index (χ0v) is 14.5. The first-order valence-corrected chi connectivity index (χ1v) is 9.22. The Balaban J connectivity index is 1.77. The van der Waals surface area contributed by atoms with E-state index in [-0.39, 0.29) is 0 Å². The Morgan fingerprint density at radius 2 is 2.00 bits per heavy atom. The maximum atomic E-state index is 5.75. The molecule has 1 aliphatic heterocycles. The third-order valence-electron chi connectivity index (χ3n) is 5.20. The van der Waals surface area contributed by atoms with E-state index in [0.717, 1.165) is 19.3 Å². The molecule has 21 heavy (non-hydrogen) atoms. The fraction of sp³-hybridized carbons (Fsp3) is 1.00. The van der Waals surface area contributed by atoms with Gasteiger partial charge in [0, 0.05) is 44.4 Å². The van der Waals surface area contributed by atoms with Crippen LogP contribution in [0.1, 0.15) is 65.7 Å². The van der Waals surface area contributed by atoms with Crippen LogP contribution in [0, 0.1) is 5.92 Å². The van der Waals surface area contributed by atoms with Crippen molar-refractivity contribution in [2.24, 2.45) is 5.92 Å². The van der Waals surface area contributed by atoms with Crippen molar-refractivity contribution in [2.45, 2.75) is 77.3 Å². The number of nitrogens with zero attached hydrogens (tertiary/aromatic N) is 1. The average Bonchev–Trinajstić information content (AvgIpc) is 2.48. The molecule has 0 aromatic rings. The van der Waals surface area contributed by atoms with Crippen LogP contribution in [0.15, 0.2) is 0 Å². The molecule has 0 radical (unpaired) electrons. The first-order valence-electron chi connectivity index (χ1n) is 9.22. The maximum absolute atomic E-state index is 5.75. The second-order valence-electron chi connectivity index (χ2n) is 7.58. The number of hydrogen-bond donors (Lipinski definition) is 1. The van der Waals surface area contributed by atoms with Crippen molar-refractivity contribution >= 4 is 0 Å². The van der Waals surface area contributed by atoms with Crippen LogP contribution in [0.3, 0.4) is 0 Å². The molecule has 1 saturated carbocycles.